The average molecular weight is 439 g/mol. The fourth-order valence-corrected chi connectivity index (χ4v) is 4.71. The first-order chi connectivity index (χ1) is 13.9. The van der Waals surface area contributed by atoms with E-state index in [1.54, 1.807) is 27.7 Å². The second-order valence-electron chi connectivity index (χ2n) is 12.4. The van der Waals surface area contributed by atoms with E-state index < -0.39 is 28.6 Å². The minimum Gasteiger partial charge on any atom is -0.480 e. The third kappa shape index (κ3) is 5.72. The van der Waals surface area contributed by atoms with Crippen LogP contribution in [0.25, 0.3) is 0 Å². The molecule has 0 radical (unpaired) electrons. The van der Waals surface area contributed by atoms with Crippen LogP contribution >= 0.6 is 0 Å². The number of aliphatic carboxylic acids is 1. The lowest BCUT2D eigenvalue weighted by atomic mass is 9.74. The molecule has 0 aromatic rings. The van der Waals surface area contributed by atoms with Gasteiger partial charge < -0.3 is 14.7 Å². The second kappa shape index (κ2) is 8.28. The van der Waals surface area contributed by atoms with Crippen LogP contribution in [-0.4, -0.2) is 62.6 Å². The minimum absolute atomic E-state index is 0.0148. The van der Waals surface area contributed by atoms with Crippen LogP contribution in [0.5, 0.6) is 0 Å². The van der Waals surface area contributed by atoms with Gasteiger partial charge in [-0.3, -0.25) is 9.69 Å². The molecule has 1 saturated carbocycles. The van der Waals surface area contributed by atoms with E-state index in [1.165, 1.54) is 4.90 Å². The largest absolute Gasteiger partial charge is 0.480 e. The Morgan fingerprint density at radius 3 is 1.90 bits per heavy atom. The summed E-state index contributed by atoms with van der Waals surface area (Å²) in [6, 6.07) is -0.298. The molecule has 1 N–H and O–H groups in total. The van der Waals surface area contributed by atoms with Gasteiger partial charge in [0.2, 0.25) is 5.91 Å². The Balaban J connectivity index is 2.38. The highest BCUT2D eigenvalue weighted by Crippen LogP contribution is 2.42. The Kier molecular flexibility index (Phi) is 6.81. The van der Waals surface area contributed by atoms with E-state index in [1.807, 2.05) is 25.7 Å². The number of carbonyl (C=O) groups excluding carboxylic acids is 2. The first-order valence-electron chi connectivity index (χ1n) is 11.4. The predicted octanol–water partition coefficient (Wildman–Crippen LogP) is 4.68. The molecule has 1 saturated heterocycles. The van der Waals surface area contributed by atoms with Crippen LogP contribution in [0.1, 0.15) is 94.4 Å². The summed E-state index contributed by atoms with van der Waals surface area (Å²) in [5.41, 5.74) is -2.49. The van der Waals surface area contributed by atoms with Crippen molar-refractivity contribution in [1.82, 2.24) is 9.80 Å². The maximum absolute atomic E-state index is 13.5. The summed E-state index contributed by atoms with van der Waals surface area (Å²) in [4.78, 5) is 41.9. The number of nitrogens with zero attached hydrogens (tertiary/aromatic N) is 2. The van der Waals surface area contributed by atoms with Crippen molar-refractivity contribution in [3.63, 3.8) is 0 Å². The van der Waals surface area contributed by atoms with Crippen molar-refractivity contribution in [2.24, 2.45) is 10.8 Å². The van der Waals surface area contributed by atoms with Crippen molar-refractivity contribution in [3.8, 4) is 0 Å². The van der Waals surface area contributed by atoms with Gasteiger partial charge >= 0.3 is 12.1 Å². The van der Waals surface area contributed by atoms with Gasteiger partial charge in [-0.05, 0) is 58.8 Å². The molecular formula is C24H42N2O5. The molecule has 0 bridgehead atoms. The number of carbonyl (C=O) groups is 3. The monoisotopic (exact) mass is 438 g/mol. The zero-order chi connectivity index (χ0) is 24.0. The van der Waals surface area contributed by atoms with E-state index >= 15 is 0 Å². The fraction of sp³-hybridized carbons (Fsp3) is 0.875. The molecule has 0 aromatic heterocycles. The Hall–Kier alpha value is -1.79. The summed E-state index contributed by atoms with van der Waals surface area (Å²) in [7, 11) is 0. The number of carboxylic acid groups (broad SMARTS) is 1. The van der Waals surface area contributed by atoms with E-state index in [0.29, 0.717) is 0 Å². The number of ether oxygens (including phenoxy) is 1. The van der Waals surface area contributed by atoms with Crippen molar-refractivity contribution in [1.29, 1.82) is 0 Å². The lowest BCUT2D eigenvalue weighted by Gasteiger charge is -2.45. The molecular weight excluding hydrogens is 396 g/mol. The number of rotatable bonds is 3. The van der Waals surface area contributed by atoms with Crippen molar-refractivity contribution < 1.29 is 24.2 Å². The van der Waals surface area contributed by atoms with E-state index in [-0.39, 0.29) is 36.4 Å². The van der Waals surface area contributed by atoms with Gasteiger partial charge in [0.15, 0.2) is 0 Å². The van der Waals surface area contributed by atoms with Gasteiger partial charge in [-0.2, -0.15) is 0 Å². The number of amides is 2. The normalized spacial score (nSPS) is 27.1. The van der Waals surface area contributed by atoms with Crippen molar-refractivity contribution in [3.05, 3.63) is 0 Å². The second-order valence-corrected chi connectivity index (χ2v) is 12.4. The maximum atomic E-state index is 13.5. The van der Waals surface area contributed by atoms with Crippen LogP contribution < -0.4 is 0 Å². The Labute approximate surface area is 187 Å². The first kappa shape index (κ1) is 25.5. The number of likely N-dealkylation sites (tertiary alicyclic amines) is 1. The topological polar surface area (TPSA) is 87.2 Å². The van der Waals surface area contributed by atoms with Gasteiger partial charge in [0.05, 0.1) is 6.04 Å². The summed E-state index contributed by atoms with van der Waals surface area (Å²) < 4.78 is 5.52. The molecule has 0 unspecified atom stereocenters. The van der Waals surface area contributed by atoms with Gasteiger partial charge in [-0.15, -0.1) is 0 Å². The lowest BCUT2D eigenvalue weighted by molar-refractivity contribution is -0.149. The molecule has 1 heterocycles. The standard InChI is InChI=1S/C24H42N2O5/c1-21(2,3)18(27)26(16-10-12-23(7,8)13-11-16)17-14-24(9,19(28)29)25(15-17)20(30)31-22(4,5)6/h16-17H,10-15H2,1-9H3,(H,28,29)/t17-,24-/m0/s1. The third-order valence-corrected chi connectivity index (χ3v) is 6.67. The van der Waals surface area contributed by atoms with Crippen molar-refractivity contribution in [2.75, 3.05) is 6.54 Å². The van der Waals surface area contributed by atoms with Crippen LogP contribution in [0.2, 0.25) is 0 Å². The number of carboxylic acids is 1. The molecule has 0 aromatic carbocycles. The quantitative estimate of drug-likeness (QED) is 0.691. The van der Waals surface area contributed by atoms with Crippen LogP contribution in [0.15, 0.2) is 0 Å². The molecule has 2 atom stereocenters. The highest BCUT2D eigenvalue weighted by atomic mass is 16.6. The molecule has 2 rings (SSSR count). The van der Waals surface area contributed by atoms with Crippen LogP contribution in [0.3, 0.4) is 0 Å². The maximum Gasteiger partial charge on any atom is 0.411 e. The Morgan fingerprint density at radius 2 is 1.48 bits per heavy atom. The van der Waals surface area contributed by atoms with E-state index in [9.17, 15) is 19.5 Å². The van der Waals surface area contributed by atoms with Gasteiger partial charge in [0.1, 0.15) is 11.1 Å². The zero-order valence-electron chi connectivity index (χ0n) is 20.9. The highest BCUT2D eigenvalue weighted by molar-refractivity contribution is 5.86. The molecule has 1 aliphatic heterocycles. The summed E-state index contributed by atoms with van der Waals surface area (Å²) in [5, 5.41) is 10.0. The minimum atomic E-state index is -1.42. The molecule has 31 heavy (non-hydrogen) atoms. The van der Waals surface area contributed by atoms with Crippen LogP contribution in [-0.2, 0) is 14.3 Å². The molecule has 178 valence electrons. The van der Waals surface area contributed by atoms with Crippen molar-refractivity contribution >= 4 is 18.0 Å². The van der Waals surface area contributed by atoms with Gasteiger partial charge in [0, 0.05) is 24.4 Å². The summed E-state index contributed by atoms with van der Waals surface area (Å²) >= 11 is 0. The summed E-state index contributed by atoms with van der Waals surface area (Å²) in [6.07, 6.45) is 3.37. The Bertz CT molecular complexity index is 708. The van der Waals surface area contributed by atoms with Crippen molar-refractivity contribution in [2.45, 2.75) is 118 Å². The highest BCUT2D eigenvalue weighted by Gasteiger charge is 2.55. The predicted molar refractivity (Wildman–Crippen MR) is 120 cm³/mol. The van der Waals surface area contributed by atoms with E-state index in [0.717, 1.165) is 25.7 Å². The van der Waals surface area contributed by atoms with Crippen LogP contribution in [0.4, 0.5) is 4.79 Å². The molecule has 0 spiro atoms. The van der Waals surface area contributed by atoms with Crippen LogP contribution in [0, 0.1) is 10.8 Å². The molecule has 1 aliphatic carbocycles. The number of hydrogen-bond donors (Lipinski definition) is 1. The fourth-order valence-electron chi connectivity index (χ4n) is 4.71. The van der Waals surface area contributed by atoms with Gasteiger partial charge in [0.25, 0.3) is 0 Å². The average Bonchev–Trinajstić information content (AvgIpc) is 2.93. The molecule has 7 nitrogen and oxygen atoms in total. The zero-order valence-corrected chi connectivity index (χ0v) is 20.9. The van der Waals surface area contributed by atoms with Gasteiger partial charge in [-0.1, -0.05) is 34.6 Å². The molecule has 2 amide bonds. The third-order valence-electron chi connectivity index (χ3n) is 6.67. The van der Waals surface area contributed by atoms with E-state index in [4.69, 9.17) is 4.74 Å². The first-order valence-corrected chi connectivity index (χ1v) is 11.4. The number of hydrogen-bond acceptors (Lipinski definition) is 4. The SMILES string of the molecule is CC1(C)CCC(N(C(=O)C(C)(C)C)[C@@H]2CN(C(=O)OC(C)(C)C)[C@](C)(C(=O)O)C2)CC1. The lowest BCUT2D eigenvalue weighted by Crippen LogP contribution is -2.54. The Morgan fingerprint density at radius 1 is 0.968 bits per heavy atom. The molecule has 2 fully saturated rings. The molecule has 7 heteroatoms. The van der Waals surface area contributed by atoms with Gasteiger partial charge in [-0.25, -0.2) is 9.59 Å². The van der Waals surface area contributed by atoms with E-state index in [2.05, 4.69) is 13.8 Å². The summed E-state index contributed by atoms with van der Waals surface area (Å²) in [5.74, 6) is -1.06. The molecule has 2 aliphatic rings. The smallest absolute Gasteiger partial charge is 0.411 e. The summed E-state index contributed by atoms with van der Waals surface area (Å²) in [6.45, 7) is 17.2.